The fourth-order valence-electron chi connectivity index (χ4n) is 3.58. The lowest BCUT2D eigenvalue weighted by molar-refractivity contribution is -0.0388. The zero-order valence-electron chi connectivity index (χ0n) is 13.8. The Balaban J connectivity index is 1.85. The molecule has 0 amide bonds. The molecule has 1 saturated carbocycles. The van der Waals surface area contributed by atoms with Gasteiger partial charge in [-0.1, -0.05) is 29.8 Å². The molecule has 3 aromatic rings. The topological polar surface area (TPSA) is 73.3 Å². The van der Waals surface area contributed by atoms with Crippen molar-refractivity contribution < 1.29 is 15.0 Å². The Morgan fingerprint density at radius 1 is 1.20 bits per heavy atom. The summed E-state index contributed by atoms with van der Waals surface area (Å²) in [6, 6.07) is 9.48. The van der Waals surface area contributed by atoms with E-state index in [1.54, 1.807) is 6.07 Å². The molecule has 3 N–H and O–H groups in total. The highest BCUT2D eigenvalue weighted by Crippen LogP contribution is 2.43. The van der Waals surface area contributed by atoms with Gasteiger partial charge in [0.25, 0.3) is 0 Å². The number of fused-ring (bicyclic) bond motifs is 1. The molecule has 1 aliphatic rings. The van der Waals surface area contributed by atoms with Crippen molar-refractivity contribution in [1.82, 2.24) is 4.98 Å². The van der Waals surface area contributed by atoms with E-state index >= 15 is 0 Å². The van der Waals surface area contributed by atoms with Crippen LogP contribution in [-0.2, 0) is 5.60 Å². The summed E-state index contributed by atoms with van der Waals surface area (Å²) in [5.41, 5.74) is 3.90. The Kier molecular flexibility index (Phi) is 3.63. The molecule has 1 fully saturated rings. The van der Waals surface area contributed by atoms with Crippen molar-refractivity contribution in [3.8, 4) is 11.1 Å². The number of H-pyrrole nitrogens is 1. The lowest BCUT2D eigenvalue weighted by Crippen LogP contribution is -2.33. The van der Waals surface area contributed by atoms with E-state index < -0.39 is 11.6 Å². The van der Waals surface area contributed by atoms with E-state index in [1.807, 2.05) is 31.2 Å². The largest absolute Gasteiger partial charge is 0.478 e. The van der Waals surface area contributed by atoms with Crippen LogP contribution in [0.2, 0.25) is 5.02 Å². The quantitative estimate of drug-likeness (QED) is 0.627. The average Bonchev–Trinajstić information content (AvgIpc) is 2.94. The number of carboxylic acid groups (broad SMARTS) is 1. The maximum Gasteiger partial charge on any atom is 0.337 e. The number of benzene rings is 2. The highest BCUT2D eigenvalue weighted by atomic mass is 35.5. The molecule has 0 radical (unpaired) electrons. The second-order valence-corrected chi connectivity index (χ2v) is 7.21. The fraction of sp³-hybridized carbons (Fsp3) is 0.250. The smallest absolute Gasteiger partial charge is 0.337 e. The minimum absolute atomic E-state index is 0.228. The third kappa shape index (κ3) is 2.53. The highest BCUT2D eigenvalue weighted by Gasteiger charge is 2.36. The van der Waals surface area contributed by atoms with Crippen molar-refractivity contribution in [2.75, 3.05) is 0 Å². The number of aromatic nitrogens is 1. The van der Waals surface area contributed by atoms with Crippen molar-refractivity contribution in [3.05, 3.63) is 58.2 Å². The van der Waals surface area contributed by atoms with Crippen LogP contribution in [0.25, 0.3) is 22.0 Å². The second kappa shape index (κ2) is 5.61. The van der Waals surface area contributed by atoms with Gasteiger partial charge < -0.3 is 15.2 Å². The van der Waals surface area contributed by atoms with Crippen molar-refractivity contribution >= 4 is 28.5 Å². The number of hydrogen-bond donors (Lipinski definition) is 3. The van der Waals surface area contributed by atoms with E-state index in [-0.39, 0.29) is 5.56 Å². The molecule has 4 nitrogen and oxygen atoms in total. The monoisotopic (exact) mass is 355 g/mol. The highest BCUT2D eigenvalue weighted by molar-refractivity contribution is 6.34. The van der Waals surface area contributed by atoms with Gasteiger partial charge in [-0.15, -0.1) is 0 Å². The second-order valence-electron chi connectivity index (χ2n) is 6.80. The summed E-state index contributed by atoms with van der Waals surface area (Å²) in [4.78, 5) is 14.3. The van der Waals surface area contributed by atoms with E-state index in [0.29, 0.717) is 15.9 Å². The third-order valence-electron chi connectivity index (χ3n) is 5.23. The van der Waals surface area contributed by atoms with Gasteiger partial charge in [0, 0.05) is 22.7 Å². The average molecular weight is 356 g/mol. The molecule has 0 saturated heterocycles. The summed E-state index contributed by atoms with van der Waals surface area (Å²) in [6.45, 7) is 1.98. The van der Waals surface area contributed by atoms with Crippen LogP contribution in [-0.4, -0.2) is 21.2 Å². The van der Waals surface area contributed by atoms with Crippen molar-refractivity contribution in [1.29, 1.82) is 0 Å². The molecule has 0 bridgehead atoms. The number of aryl methyl sites for hydroxylation is 1. The summed E-state index contributed by atoms with van der Waals surface area (Å²) < 4.78 is 0. The molecular weight excluding hydrogens is 338 g/mol. The van der Waals surface area contributed by atoms with Gasteiger partial charge in [0.15, 0.2) is 0 Å². The number of rotatable bonds is 3. The molecule has 1 heterocycles. The molecule has 1 aromatic heterocycles. The number of aromatic amines is 1. The molecule has 4 rings (SSSR count). The standard InChI is InChI=1S/C20H18ClNO3/c1-11-7-12(20(25)5-2-6-20)3-4-13(11)14-8-15-16(19(23)24)10-22-18(15)9-17(14)21/h3-4,7-10,22,25H,2,5-6H2,1H3,(H,23,24). The summed E-state index contributed by atoms with van der Waals surface area (Å²) in [5.74, 6) is -0.973. The number of aliphatic hydroxyl groups is 1. The van der Waals surface area contributed by atoms with Crippen molar-refractivity contribution in [3.63, 3.8) is 0 Å². The molecular formula is C20H18ClNO3. The molecule has 1 aliphatic carbocycles. The molecule has 25 heavy (non-hydrogen) atoms. The van der Waals surface area contributed by atoms with Crippen LogP contribution in [0.15, 0.2) is 36.5 Å². The molecule has 0 aliphatic heterocycles. The van der Waals surface area contributed by atoms with Crippen LogP contribution in [0.4, 0.5) is 0 Å². The summed E-state index contributed by atoms with van der Waals surface area (Å²) in [6.07, 6.45) is 4.12. The van der Waals surface area contributed by atoms with E-state index in [4.69, 9.17) is 11.6 Å². The SMILES string of the molecule is Cc1cc(C2(O)CCC2)ccc1-c1cc2c(C(=O)O)c[nH]c2cc1Cl. The number of carboxylic acids is 1. The molecule has 5 heteroatoms. The summed E-state index contributed by atoms with van der Waals surface area (Å²) in [7, 11) is 0. The lowest BCUT2D eigenvalue weighted by atomic mass is 9.74. The van der Waals surface area contributed by atoms with Crippen molar-refractivity contribution in [2.45, 2.75) is 31.8 Å². The van der Waals surface area contributed by atoms with Gasteiger partial charge in [0.2, 0.25) is 0 Å². The first-order valence-electron chi connectivity index (χ1n) is 8.27. The van der Waals surface area contributed by atoms with E-state index in [1.165, 1.54) is 6.20 Å². The molecule has 0 atom stereocenters. The Labute approximate surface area is 150 Å². The van der Waals surface area contributed by atoms with Gasteiger partial charge in [-0.3, -0.25) is 0 Å². The Hall–Kier alpha value is -2.30. The maximum atomic E-state index is 11.4. The van der Waals surface area contributed by atoms with Crippen molar-refractivity contribution in [2.24, 2.45) is 0 Å². The number of carbonyl (C=O) groups is 1. The third-order valence-corrected chi connectivity index (χ3v) is 5.55. The zero-order valence-corrected chi connectivity index (χ0v) is 14.5. The maximum absolute atomic E-state index is 11.4. The van der Waals surface area contributed by atoms with Crippen LogP contribution in [0.5, 0.6) is 0 Å². The number of halogens is 1. The summed E-state index contributed by atoms with van der Waals surface area (Å²) in [5, 5.41) is 21.1. The predicted molar refractivity (Wildman–Crippen MR) is 98.2 cm³/mol. The molecule has 0 unspecified atom stereocenters. The Morgan fingerprint density at radius 2 is 1.96 bits per heavy atom. The van der Waals surface area contributed by atoms with E-state index in [9.17, 15) is 15.0 Å². The molecule has 0 spiro atoms. The lowest BCUT2D eigenvalue weighted by Gasteiger charge is -2.37. The van der Waals surface area contributed by atoms with Gasteiger partial charge in [-0.25, -0.2) is 4.79 Å². The Bertz CT molecular complexity index is 1000. The molecule has 2 aromatic carbocycles. The van der Waals surface area contributed by atoms with E-state index in [2.05, 4.69) is 4.98 Å². The zero-order chi connectivity index (χ0) is 17.8. The van der Waals surface area contributed by atoms with Gasteiger partial charge in [-0.05, 0) is 55.0 Å². The normalized spacial score (nSPS) is 16.0. The number of nitrogens with one attached hydrogen (secondary N) is 1. The van der Waals surface area contributed by atoms with Gasteiger partial charge in [0.05, 0.1) is 16.2 Å². The van der Waals surface area contributed by atoms with Crippen LogP contribution in [0, 0.1) is 6.92 Å². The summed E-state index contributed by atoms with van der Waals surface area (Å²) >= 11 is 6.45. The van der Waals surface area contributed by atoms with Gasteiger partial charge >= 0.3 is 5.97 Å². The number of hydrogen-bond acceptors (Lipinski definition) is 2. The fourth-order valence-corrected chi connectivity index (χ4v) is 3.85. The van der Waals surface area contributed by atoms with Crippen LogP contribution < -0.4 is 0 Å². The van der Waals surface area contributed by atoms with Crippen LogP contribution in [0.1, 0.15) is 40.7 Å². The first kappa shape index (κ1) is 16.2. The number of aromatic carboxylic acids is 1. The minimum atomic E-state index is -0.973. The van der Waals surface area contributed by atoms with Gasteiger partial charge in [0.1, 0.15) is 0 Å². The first-order valence-corrected chi connectivity index (χ1v) is 8.65. The first-order chi connectivity index (χ1) is 11.9. The Morgan fingerprint density at radius 3 is 2.56 bits per heavy atom. The van der Waals surface area contributed by atoms with Crippen LogP contribution in [0.3, 0.4) is 0 Å². The van der Waals surface area contributed by atoms with E-state index in [0.717, 1.165) is 41.5 Å². The predicted octanol–water partition coefficient (Wildman–Crippen LogP) is 4.87. The molecule has 128 valence electrons. The van der Waals surface area contributed by atoms with Gasteiger partial charge in [-0.2, -0.15) is 0 Å². The minimum Gasteiger partial charge on any atom is -0.478 e. The van der Waals surface area contributed by atoms with Crippen LogP contribution >= 0.6 is 11.6 Å².